The van der Waals surface area contributed by atoms with Crippen LogP contribution in [-0.2, 0) is 9.59 Å². The second-order valence-electron chi connectivity index (χ2n) is 6.42. The zero-order valence-electron chi connectivity index (χ0n) is 13.1. The van der Waals surface area contributed by atoms with Crippen molar-refractivity contribution in [3.8, 4) is 5.69 Å². The first-order valence-corrected chi connectivity index (χ1v) is 8.15. The van der Waals surface area contributed by atoms with Gasteiger partial charge in [-0.25, -0.2) is 4.39 Å². The molecule has 2 heterocycles. The second kappa shape index (κ2) is 5.78. The Morgan fingerprint density at radius 3 is 2.67 bits per heavy atom. The van der Waals surface area contributed by atoms with Gasteiger partial charge < -0.3 is 14.8 Å². The molecule has 4 rings (SSSR count). The first kappa shape index (κ1) is 14.9. The van der Waals surface area contributed by atoms with Gasteiger partial charge in [-0.1, -0.05) is 0 Å². The van der Waals surface area contributed by atoms with Crippen LogP contribution in [-0.4, -0.2) is 33.9 Å². The highest BCUT2D eigenvalue weighted by molar-refractivity contribution is 5.97. The number of rotatable bonds is 4. The first-order valence-electron chi connectivity index (χ1n) is 8.15. The Bertz CT molecular complexity index is 784. The van der Waals surface area contributed by atoms with Crippen LogP contribution in [0.4, 0.5) is 10.1 Å². The maximum Gasteiger partial charge on any atom is 0.229 e. The minimum atomic E-state index is -0.484. The number of hydrogen-bond donors (Lipinski definition) is 1. The number of likely N-dealkylation sites (tertiary alicyclic amines) is 1. The molecule has 1 aromatic heterocycles. The first-order chi connectivity index (χ1) is 11.6. The number of amides is 2. The summed E-state index contributed by atoms with van der Waals surface area (Å²) in [5.74, 6) is -1.16. The molecule has 1 aromatic carbocycles. The van der Waals surface area contributed by atoms with Gasteiger partial charge in [-0.3, -0.25) is 9.59 Å². The Hall–Kier alpha value is -2.63. The van der Waals surface area contributed by atoms with E-state index in [-0.39, 0.29) is 23.9 Å². The molecular weight excluding hydrogens is 309 g/mol. The zero-order chi connectivity index (χ0) is 16.7. The van der Waals surface area contributed by atoms with Gasteiger partial charge in [0.1, 0.15) is 5.82 Å². The molecule has 0 spiro atoms. The van der Waals surface area contributed by atoms with E-state index in [0.717, 1.165) is 18.5 Å². The second-order valence-corrected chi connectivity index (χ2v) is 6.42. The van der Waals surface area contributed by atoms with Crippen LogP contribution in [0.5, 0.6) is 0 Å². The van der Waals surface area contributed by atoms with E-state index in [1.165, 1.54) is 6.07 Å². The van der Waals surface area contributed by atoms with E-state index in [1.807, 2.05) is 29.1 Å². The smallest absolute Gasteiger partial charge is 0.229 e. The van der Waals surface area contributed by atoms with E-state index in [9.17, 15) is 14.0 Å². The molecule has 1 atom stereocenters. The highest BCUT2D eigenvalue weighted by Crippen LogP contribution is 2.33. The molecule has 1 N–H and O–H groups in total. The lowest BCUT2D eigenvalue weighted by Crippen LogP contribution is -2.30. The Balaban J connectivity index is 1.49. The summed E-state index contributed by atoms with van der Waals surface area (Å²) < 4.78 is 15.9. The molecule has 24 heavy (non-hydrogen) atoms. The van der Waals surface area contributed by atoms with Gasteiger partial charge >= 0.3 is 0 Å². The fourth-order valence-electron chi connectivity index (χ4n) is 3.16. The Morgan fingerprint density at radius 1 is 1.21 bits per heavy atom. The molecule has 2 fully saturated rings. The third kappa shape index (κ3) is 2.79. The van der Waals surface area contributed by atoms with Gasteiger partial charge in [-0.2, -0.15) is 0 Å². The summed E-state index contributed by atoms with van der Waals surface area (Å²) in [6, 6.07) is 8.64. The summed E-state index contributed by atoms with van der Waals surface area (Å²) in [6.45, 7) is 0.439. The Morgan fingerprint density at radius 2 is 1.96 bits per heavy atom. The third-order valence-corrected chi connectivity index (χ3v) is 4.63. The van der Waals surface area contributed by atoms with E-state index in [2.05, 4.69) is 5.32 Å². The Kier molecular flexibility index (Phi) is 3.59. The molecule has 0 unspecified atom stereocenters. The fourth-order valence-corrected chi connectivity index (χ4v) is 3.16. The number of nitrogens with one attached hydrogen (secondary N) is 1. The van der Waals surface area contributed by atoms with Crippen LogP contribution in [0.2, 0.25) is 0 Å². The summed E-state index contributed by atoms with van der Waals surface area (Å²) in [6.07, 6.45) is 5.95. The number of carbonyl (C=O) groups excluding carboxylic acids is 2. The number of hydrogen-bond acceptors (Lipinski definition) is 2. The van der Waals surface area contributed by atoms with Crippen molar-refractivity contribution >= 4 is 17.5 Å². The predicted molar refractivity (Wildman–Crippen MR) is 87.2 cm³/mol. The Labute approximate surface area is 139 Å². The van der Waals surface area contributed by atoms with Gasteiger partial charge in [0, 0.05) is 37.1 Å². The van der Waals surface area contributed by atoms with Crippen LogP contribution in [0.15, 0.2) is 42.7 Å². The summed E-state index contributed by atoms with van der Waals surface area (Å²) >= 11 is 0. The van der Waals surface area contributed by atoms with E-state index in [1.54, 1.807) is 17.0 Å². The lowest BCUT2D eigenvalue weighted by Gasteiger charge is -2.15. The normalized spacial score (nSPS) is 20.5. The molecule has 0 bridgehead atoms. The van der Waals surface area contributed by atoms with E-state index < -0.39 is 11.7 Å². The van der Waals surface area contributed by atoms with Crippen molar-refractivity contribution in [2.45, 2.75) is 25.3 Å². The summed E-state index contributed by atoms with van der Waals surface area (Å²) in [5.41, 5.74) is 0.905. The fraction of sp³-hybridized carbons (Fsp3) is 0.333. The third-order valence-electron chi connectivity index (χ3n) is 4.63. The standard InChI is InChI=1S/C18H18FN3O2/c19-15-6-5-14(21-7-1-2-8-21)10-16(15)20-18(24)12-9-17(23)22(11-12)13-3-4-13/h1-2,5-8,10,12-13H,3-4,9,11H2,(H,20,24)/t12-/m1/s1. The summed E-state index contributed by atoms with van der Waals surface area (Å²) in [5, 5.41) is 2.65. The number of carbonyl (C=O) groups is 2. The van der Waals surface area contributed by atoms with Gasteiger partial charge in [0.2, 0.25) is 11.8 Å². The number of anilines is 1. The van der Waals surface area contributed by atoms with E-state index >= 15 is 0 Å². The van der Waals surface area contributed by atoms with Gasteiger partial charge in [0.15, 0.2) is 0 Å². The van der Waals surface area contributed by atoms with Crippen molar-refractivity contribution < 1.29 is 14.0 Å². The largest absolute Gasteiger partial charge is 0.339 e. The van der Waals surface area contributed by atoms with Crippen LogP contribution in [0.1, 0.15) is 19.3 Å². The number of halogens is 1. The molecule has 0 radical (unpaired) electrons. The van der Waals surface area contributed by atoms with Crippen LogP contribution >= 0.6 is 0 Å². The predicted octanol–water partition coefficient (Wildman–Crippen LogP) is 2.57. The topological polar surface area (TPSA) is 54.3 Å². The minimum Gasteiger partial charge on any atom is -0.339 e. The van der Waals surface area contributed by atoms with Gasteiger partial charge in [-0.05, 0) is 43.2 Å². The van der Waals surface area contributed by atoms with Crippen molar-refractivity contribution in [3.05, 3.63) is 48.5 Å². The van der Waals surface area contributed by atoms with Crippen molar-refractivity contribution in [1.29, 1.82) is 0 Å². The van der Waals surface area contributed by atoms with Gasteiger partial charge in [0.05, 0.1) is 11.6 Å². The monoisotopic (exact) mass is 327 g/mol. The van der Waals surface area contributed by atoms with Crippen LogP contribution in [0.25, 0.3) is 5.69 Å². The quantitative estimate of drug-likeness (QED) is 0.938. The van der Waals surface area contributed by atoms with Crippen molar-refractivity contribution in [3.63, 3.8) is 0 Å². The lowest BCUT2D eigenvalue weighted by atomic mass is 10.1. The maximum atomic E-state index is 14.0. The lowest BCUT2D eigenvalue weighted by molar-refractivity contribution is -0.128. The van der Waals surface area contributed by atoms with Crippen LogP contribution < -0.4 is 5.32 Å². The highest BCUT2D eigenvalue weighted by Gasteiger charge is 2.41. The number of nitrogens with zero attached hydrogens (tertiary/aromatic N) is 2. The molecule has 5 nitrogen and oxygen atoms in total. The molecule has 2 aromatic rings. The van der Waals surface area contributed by atoms with Gasteiger partial charge in [0.25, 0.3) is 0 Å². The summed E-state index contributed by atoms with van der Waals surface area (Å²) in [7, 11) is 0. The molecule has 2 aliphatic rings. The molecule has 6 heteroatoms. The molecule has 2 amide bonds. The average Bonchev–Trinajstić information content (AvgIpc) is 3.10. The maximum absolute atomic E-state index is 14.0. The van der Waals surface area contributed by atoms with E-state index in [4.69, 9.17) is 0 Å². The minimum absolute atomic E-state index is 0.0270. The van der Waals surface area contributed by atoms with Crippen molar-refractivity contribution in [2.24, 2.45) is 5.92 Å². The molecular formula is C18H18FN3O2. The zero-order valence-corrected chi connectivity index (χ0v) is 13.1. The van der Waals surface area contributed by atoms with Crippen LogP contribution in [0.3, 0.4) is 0 Å². The van der Waals surface area contributed by atoms with Crippen molar-refractivity contribution in [2.75, 3.05) is 11.9 Å². The number of benzene rings is 1. The van der Waals surface area contributed by atoms with Crippen LogP contribution in [0, 0.1) is 11.7 Å². The molecule has 124 valence electrons. The number of aromatic nitrogens is 1. The SMILES string of the molecule is O=C(Nc1cc(-n2cccc2)ccc1F)[C@@H]1CC(=O)N(C2CC2)C1. The summed E-state index contributed by atoms with van der Waals surface area (Å²) in [4.78, 5) is 26.2. The molecule has 1 aliphatic carbocycles. The average molecular weight is 327 g/mol. The van der Waals surface area contributed by atoms with Gasteiger partial charge in [-0.15, -0.1) is 0 Å². The highest BCUT2D eigenvalue weighted by atomic mass is 19.1. The molecule has 1 saturated heterocycles. The molecule has 1 aliphatic heterocycles. The van der Waals surface area contributed by atoms with Crippen molar-refractivity contribution in [1.82, 2.24) is 9.47 Å². The van der Waals surface area contributed by atoms with E-state index in [0.29, 0.717) is 12.6 Å². The molecule has 1 saturated carbocycles.